The smallest absolute Gasteiger partial charge is 0.178 e. The predicted octanol–water partition coefficient (Wildman–Crippen LogP) is 1.44. The molecule has 0 aliphatic heterocycles. The van der Waals surface area contributed by atoms with Crippen molar-refractivity contribution in [3.05, 3.63) is 29.8 Å². The van der Waals surface area contributed by atoms with Crippen LogP contribution >= 0.6 is 0 Å². The van der Waals surface area contributed by atoms with Crippen LogP contribution in [0.25, 0.3) is 0 Å². The fraction of sp³-hybridized carbons (Fsp3) is 0.462. The molecule has 1 aromatic rings. The van der Waals surface area contributed by atoms with E-state index in [1.807, 2.05) is 0 Å². The minimum Gasteiger partial charge on any atom is -0.396 e. The normalized spacial score (nSPS) is 15.6. The Hall–Kier alpha value is -1.20. The fourth-order valence-corrected chi connectivity index (χ4v) is 3.08. The van der Waals surface area contributed by atoms with Crippen molar-refractivity contribution in [2.45, 2.75) is 24.2 Å². The number of hydrogen-bond donors (Lipinski definition) is 1. The van der Waals surface area contributed by atoms with Gasteiger partial charge in [-0.05, 0) is 31.4 Å². The van der Waals surface area contributed by atoms with E-state index in [9.17, 15) is 13.2 Å². The van der Waals surface area contributed by atoms with Gasteiger partial charge in [0, 0.05) is 18.1 Å². The van der Waals surface area contributed by atoms with Crippen LogP contribution < -0.4 is 0 Å². The quantitative estimate of drug-likeness (QED) is 0.792. The van der Waals surface area contributed by atoms with Crippen LogP contribution in [-0.2, 0) is 9.84 Å². The molecule has 0 atom stereocenters. The molecule has 1 aromatic carbocycles. The summed E-state index contributed by atoms with van der Waals surface area (Å²) in [5.41, 5.74) is 0.582. The molecule has 1 saturated carbocycles. The molecule has 1 aliphatic rings. The predicted molar refractivity (Wildman–Crippen MR) is 67.3 cm³/mol. The average Bonchev–Trinajstić information content (AvgIpc) is 3.20. The lowest BCUT2D eigenvalue weighted by molar-refractivity contribution is 0.0967. The zero-order chi connectivity index (χ0) is 13.2. The summed E-state index contributed by atoms with van der Waals surface area (Å²) < 4.78 is 23.6. The van der Waals surface area contributed by atoms with E-state index in [1.165, 1.54) is 12.1 Å². The Morgan fingerprint density at radius 2 is 1.83 bits per heavy atom. The molecule has 0 aromatic heterocycles. The first-order valence-corrected chi connectivity index (χ1v) is 7.68. The highest BCUT2D eigenvalue weighted by molar-refractivity contribution is 7.91. The van der Waals surface area contributed by atoms with Crippen LogP contribution in [0.2, 0.25) is 0 Å². The van der Waals surface area contributed by atoms with Crippen LogP contribution in [-0.4, -0.2) is 31.7 Å². The number of carbonyl (C=O) groups is 1. The summed E-state index contributed by atoms with van der Waals surface area (Å²) in [6.07, 6.45) is 2.11. The van der Waals surface area contributed by atoms with E-state index in [-0.39, 0.29) is 35.4 Å². The van der Waals surface area contributed by atoms with E-state index in [4.69, 9.17) is 5.11 Å². The van der Waals surface area contributed by atoms with Gasteiger partial charge in [0.1, 0.15) is 0 Å². The molecule has 1 aliphatic carbocycles. The van der Waals surface area contributed by atoms with Crippen molar-refractivity contribution < 1.29 is 18.3 Å². The SMILES string of the molecule is O=C(c1ccc(S(=O)(=O)CCCO)cc1)C1CC1. The monoisotopic (exact) mass is 268 g/mol. The van der Waals surface area contributed by atoms with Gasteiger partial charge in [-0.2, -0.15) is 0 Å². The number of ketones is 1. The summed E-state index contributed by atoms with van der Waals surface area (Å²) in [6.45, 7) is -0.141. The molecular weight excluding hydrogens is 252 g/mol. The van der Waals surface area contributed by atoms with Crippen molar-refractivity contribution in [3.8, 4) is 0 Å². The van der Waals surface area contributed by atoms with Gasteiger partial charge in [-0.3, -0.25) is 4.79 Å². The van der Waals surface area contributed by atoms with Crippen molar-refractivity contribution in [1.82, 2.24) is 0 Å². The second-order valence-corrected chi connectivity index (χ2v) is 6.67. The van der Waals surface area contributed by atoms with E-state index >= 15 is 0 Å². The van der Waals surface area contributed by atoms with Crippen molar-refractivity contribution >= 4 is 15.6 Å². The van der Waals surface area contributed by atoms with E-state index in [1.54, 1.807) is 12.1 Å². The van der Waals surface area contributed by atoms with Crippen molar-refractivity contribution in [2.75, 3.05) is 12.4 Å². The van der Waals surface area contributed by atoms with Gasteiger partial charge in [0.25, 0.3) is 0 Å². The topological polar surface area (TPSA) is 71.4 Å². The first-order chi connectivity index (χ1) is 8.54. The van der Waals surface area contributed by atoms with Crippen LogP contribution in [0.5, 0.6) is 0 Å². The van der Waals surface area contributed by atoms with Gasteiger partial charge >= 0.3 is 0 Å². The first-order valence-electron chi connectivity index (χ1n) is 6.02. The molecule has 4 nitrogen and oxygen atoms in total. The Bertz CT molecular complexity index is 527. The lowest BCUT2D eigenvalue weighted by atomic mass is 10.1. The molecule has 1 N–H and O–H groups in total. The number of benzene rings is 1. The highest BCUT2D eigenvalue weighted by Gasteiger charge is 2.30. The third-order valence-corrected chi connectivity index (χ3v) is 4.83. The Labute approximate surface area is 107 Å². The summed E-state index contributed by atoms with van der Waals surface area (Å²) in [6, 6.07) is 6.10. The number of sulfone groups is 1. The Balaban J connectivity index is 2.14. The molecular formula is C13H16O4S. The minimum absolute atomic E-state index is 0.0700. The highest BCUT2D eigenvalue weighted by atomic mass is 32.2. The van der Waals surface area contributed by atoms with Gasteiger partial charge in [-0.15, -0.1) is 0 Å². The van der Waals surface area contributed by atoms with E-state index in [2.05, 4.69) is 0 Å². The summed E-state index contributed by atoms with van der Waals surface area (Å²) in [4.78, 5) is 12.0. The molecule has 0 amide bonds. The Morgan fingerprint density at radius 3 is 2.33 bits per heavy atom. The third-order valence-electron chi connectivity index (χ3n) is 3.02. The summed E-state index contributed by atoms with van der Waals surface area (Å²) >= 11 is 0. The van der Waals surface area contributed by atoms with Gasteiger partial charge in [0.15, 0.2) is 15.6 Å². The lowest BCUT2D eigenvalue weighted by Gasteiger charge is -2.04. The molecule has 1 fully saturated rings. The highest BCUT2D eigenvalue weighted by Crippen LogP contribution is 2.32. The van der Waals surface area contributed by atoms with Crippen molar-refractivity contribution in [3.63, 3.8) is 0 Å². The second-order valence-electron chi connectivity index (χ2n) is 4.56. The molecule has 98 valence electrons. The summed E-state index contributed by atoms with van der Waals surface area (Å²) in [5.74, 6) is 0.176. The minimum atomic E-state index is -3.34. The van der Waals surface area contributed by atoms with Crippen LogP contribution in [0.3, 0.4) is 0 Å². The van der Waals surface area contributed by atoms with Gasteiger partial charge < -0.3 is 5.11 Å². The van der Waals surface area contributed by atoms with Gasteiger partial charge in [-0.25, -0.2) is 8.42 Å². The average molecular weight is 268 g/mol. The largest absolute Gasteiger partial charge is 0.396 e. The fourth-order valence-electron chi connectivity index (χ4n) is 1.78. The zero-order valence-electron chi connectivity index (χ0n) is 10.0. The van der Waals surface area contributed by atoms with Crippen molar-refractivity contribution in [1.29, 1.82) is 0 Å². The van der Waals surface area contributed by atoms with Crippen LogP contribution in [0.1, 0.15) is 29.6 Å². The maximum absolute atomic E-state index is 11.8. The molecule has 18 heavy (non-hydrogen) atoms. The van der Waals surface area contributed by atoms with Crippen LogP contribution in [0.15, 0.2) is 29.2 Å². The number of carbonyl (C=O) groups excluding carboxylic acids is 1. The van der Waals surface area contributed by atoms with Crippen LogP contribution in [0, 0.1) is 5.92 Å². The molecule has 0 radical (unpaired) electrons. The Kier molecular flexibility index (Phi) is 3.82. The first kappa shape index (κ1) is 13.2. The number of aliphatic hydroxyl groups excluding tert-OH is 1. The molecule has 0 saturated heterocycles. The van der Waals surface area contributed by atoms with Crippen LogP contribution in [0.4, 0.5) is 0 Å². The number of aliphatic hydroxyl groups is 1. The molecule has 0 spiro atoms. The molecule has 0 bridgehead atoms. The number of hydrogen-bond acceptors (Lipinski definition) is 4. The molecule has 5 heteroatoms. The summed E-state index contributed by atoms with van der Waals surface area (Å²) in [7, 11) is -3.34. The van der Waals surface area contributed by atoms with Crippen molar-refractivity contribution in [2.24, 2.45) is 5.92 Å². The second kappa shape index (κ2) is 5.20. The molecule has 0 unspecified atom stereocenters. The maximum atomic E-state index is 11.8. The standard InChI is InChI=1S/C13H16O4S/c14-8-1-9-18(16,17)12-6-4-11(5-7-12)13(15)10-2-3-10/h4-7,10,14H,1-3,8-9H2. The van der Waals surface area contributed by atoms with E-state index < -0.39 is 9.84 Å². The molecule has 0 heterocycles. The lowest BCUT2D eigenvalue weighted by Crippen LogP contribution is -2.09. The molecule has 2 rings (SSSR count). The zero-order valence-corrected chi connectivity index (χ0v) is 10.8. The maximum Gasteiger partial charge on any atom is 0.178 e. The van der Waals surface area contributed by atoms with E-state index in [0.29, 0.717) is 5.56 Å². The van der Waals surface area contributed by atoms with Gasteiger partial charge in [0.2, 0.25) is 0 Å². The summed E-state index contributed by atoms with van der Waals surface area (Å²) in [5, 5.41) is 8.65. The van der Waals surface area contributed by atoms with E-state index in [0.717, 1.165) is 12.8 Å². The van der Waals surface area contributed by atoms with Gasteiger partial charge in [-0.1, -0.05) is 12.1 Å². The van der Waals surface area contributed by atoms with Gasteiger partial charge in [0.05, 0.1) is 10.6 Å². The number of rotatable bonds is 6. The third kappa shape index (κ3) is 2.97. The number of Topliss-reactive ketones (excluding diaryl/α,β-unsaturated/α-hetero) is 1. The Morgan fingerprint density at radius 1 is 1.22 bits per heavy atom.